The lowest BCUT2D eigenvalue weighted by Crippen LogP contribution is -2.07. The van der Waals surface area contributed by atoms with E-state index >= 15 is 0 Å². The molecule has 13 aromatic rings. The third-order valence-electron chi connectivity index (χ3n) is 12.5. The molecule has 0 spiro atoms. The van der Waals surface area contributed by atoms with Gasteiger partial charge in [0.05, 0.1) is 22.1 Å². The fourth-order valence-electron chi connectivity index (χ4n) is 9.79. The number of hydrogen-bond acceptors (Lipinski definition) is 3. The molecule has 0 fully saturated rings. The van der Waals surface area contributed by atoms with Crippen LogP contribution in [0.2, 0.25) is 0 Å². The fourth-order valence-corrected chi connectivity index (χ4v) is 9.79. The van der Waals surface area contributed by atoms with Crippen LogP contribution in [0.15, 0.2) is 212 Å². The summed E-state index contributed by atoms with van der Waals surface area (Å²) >= 11 is 0. The number of rotatable bonds is 5. The maximum absolute atomic E-state index is 5.29. The van der Waals surface area contributed by atoms with E-state index in [1.165, 1.54) is 43.3 Å². The molecule has 0 aliphatic heterocycles. The summed E-state index contributed by atoms with van der Waals surface area (Å²) in [6.07, 6.45) is 0. The topological polar surface area (TPSA) is 48.5 Å². The highest BCUT2D eigenvalue weighted by Gasteiger charge is 2.24. The van der Waals surface area contributed by atoms with Gasteiger partial charge in [-0.25, -0.2) is 4.98 Å². The van der Waals surface area contributed by atoms with Crippen molar-refractivity contribution < 1.29 is 0 Å². The largest absolute Gasteiger partial charge is 0.307 e. The average molecular weight is 790 g/mol. The molecule has 0 saturated heterocycles. The molecule has 0 N–H and O–H groups in total. The van der Waals surface area contributed by atoms with Crippen LogP contribution in [-0.2, 0) is 0 Å². The highest BCUT2D eigenvalue weighted by atomic mass is 15.2. The minimum atomic E-state index is 0.567. The first-order chi connectivity index (χ1) is 30.8. The van der Waals surface area contributed by atoms with E-state index in [1.54, 1.807) is 0 Å². The van der Waals surface area contributed by atoms with Crippen molar-refractivity contribution in [2.45, 2.75) is 0 Å². The van der Waals surface area contributed by atoms with E-state index in [9.17, 15) is 0 Å². The van der Waals surface area contributed by atoms with Crippen molar-refractivity contribution in [2.75, 3.05) is 0 Å². The van der Waals surface area contributed by atoms with Crippen LogP contribution in [0.25, 0.3) is 121 Å². The number of hydrogen-bond donors (Lipinski definition) is 0. The molecule has 0 amide bonds. The van der Waals surface area contributed by atoms with Gasteiger partial charge in [-0.2, -0.15) is 9.97 Å². The number of fused-ring (bicyclic) bond motifs is 13. The summed E-state index contributed by atoms with van der Waals surface area (Å²) in [6, 6.07) is 75.8. The Morgan fingerprint density at radius 3 is 1.26 bits per heavy atom. The van der Waals surface area contributed by atoms with Gasteiger partial charge >= 0.3 is 0 Å². The molecule has 62 heavy (non-hydrogen) atoms. The first-order valence-corrected chi connectivity index (χ1v) is 21.0. The van der Waals surface area contributed by atoms with Crippen LogP contribution in [0, 0.1) is 0 Å². The zero-order valence-electron chi connectivity index (χ0n) is 33.4. The number of aromatic nitrogens is 5. The molecule has 0 radical (unpaired) electrons. The second-order valence-electron chi connectivity index (χ2n) is 16.0. The van der Waals surface area contributed by atoms with Crippen molar-refractivity contribution in [3.63, 3.8) is 0 Å². The second-order valence-corrected chi connectivity index (χ2v) is 16.0. The van der Waals surface area contributed by atoms with Gasteiger partial charge in [0, 0.05) is 38.4 Å². The molecule has 5 heteroatoms. The number of nitrogens with zero attached hydrogens (tertiary/aromatic N) is 5. The standard InChI is InChI=1S/C57H35N5/c1-3-16-36(17-4-1)55-58-56(37-18-5-2-6-19-37)60-57(59-55)62-52-29-14-12-27-47(52)49-33-32-48-46-26-11-13-28-51(46)61(53(48)54(49)62)40-21-15-20-38(34-40)39-30-31-45-43-24-8-7-22-41(43)42-23-9-10-25-44(42)50(45)35-39/h1-35H. The Bertz CT molecular complexity index is 3830. The molecule has 0 unspecified atom stereocenters. The van der Waals surface area contributed by atoms with Gasteiger partial charge in [-0.3, -0.25) is 4.57 Å². The summed E-state index contributed by atoms with van der Waals surface area (Å²) in [7, 11) is 0. The quantitative estimate of drug-likeness (QED) is 0.163. The van der Waals surface area contributed by atoms with E-state index in [2.05, 4.69) is 185 Å². The van der Waals surface area contributed by atoms with Crippen LogP contribution in [0.5, 0.6) is 0 Å². The van der Waals surface area contributed by atoms with Gasteiger partial charge < -0.3 is 4.57 Å². The Morgan fingerprint density at radius 2 is 0.677 bits per heavy atom. The minimum absolute atomic E-state index is 0.567. The molecular weight excluding hydrogens is 755 g/mol. The van der Waals surface area contributed by atoms with E-state index in [1.807, 2.05) is 36.4 Å². The SMILES string of the molecule is c1ccc(-c2nc(-c3ccccc3)nc(-n3c4ccccc4c4ccc5c6ccccc6n(-c6cccc(-c7ccc8c9ccccc9c9ccccc9c8c7)c6)c5c43)n2)cc1. The third-order valence-corrected chi connectivity index (χ3v) is 12.5. The third kappa shape index (κ3) is 5.18. The van der Waals surface area contributed by atoms with Crippen LogP contribution in [0.3, 0.4) is 0 Å². The first-order valence-electron chi connectivity index (χ1n) is 21.0. The van der Waals surface area contributed by atoms with Gasteiger partial charge in [0.2, 0.25) is 5.95 Å². The van der Waals surface area contributed by atoms with E-state index < -0.39 is 0 Å². The molecule has 288 valence electrons. The second kappa shape index (κ2) is 13.6. The zero-order valence-corrected chi connectivity index (χ0v) is 33.4. The Labute approximate surface area is 356 Å². The van der Waals surface area contributed by atoms with Gasteiger partial charge in [-0.15, -0.1) is 0 Å². The number of para-hydroxylation sites is 2. The minimum Gasteiger partial charge on any atom is -0.307 e. The fraction of sp³-hybridized carbons (Fsp3) is 0. The lowest BCUT2D eigenvalue weighted by atomic mass is 9.92. The van der Waals surface area contributed by atoms with Crippen molar-refractivity contribution in [3.8, 4) is 45.5 Å². The zero-order chi connectivity index (χ0) is 40.7. The monoisotopic (exact) mass is 789 g/mol. The smallest absolute Gasteiger partial charge is 0.238 e. The van der Waals surface area contributed by atoms with Crippen LogP contribution >= 0.6 is 0 Å². The summed E-state index contributed by atoms with van der Waals surface area (Å²) in [5, 5.41) is 12.2. The van der Waals surface area contributed by atoms with E-state index in [0.29, 0.717) is 17.6 Å². The molecule has 0 aliphatic carbocycles. The van der Waals surface area contributed by atoms with E-state index in [-0.39, 0.29) is 0 Å². The molecule has 0 aliphatic rings. The molecule has 0 saturated carbocycles. The van der Waals surface area contributed by atoms with Gasteiger partial charge in [-0.1, -0.05) is 182 Å². The van der Waals surface area contributed by atoms with E-state index in [0.717, 1.165) is 60.6 Å². The van der Waals surface area contributed by atoms with E-state index in [4.69, 9.17) is 15.0 Å². The highest BCUT2D eigenvalue weighted by Crippen LogP contribution is 2.43. The maximum atomic E-state index is 5.29. The Morgan fingerprint density at radius 1 is 0.258 bits per heavy atom. The Hall–Kier alpha value is -8.41. The Balaban J connectivity index is 1.10. The summed E-state index contributed by atoms with van der Waals surface area (Å²) in [5.74, 6) is 1.81. The van der Waals surface area contributed by atoms with Gasteiger partial charge in [0.15, 0.2) is 11.6 Å². The van der Waals surface area contributed by atoms with Crippen molar-refractivity contribution in [3.05, 3.63) is 212 Å². The average Bonchev–Trinajstić information content (AvgIpc) is 3.88. The van der Waals surface area contributed by atoms with Gasteiger partial charge in [0.25, 0.3) is 0 Å². The molecule has 0 atom stereocenters. The summed E-state index contributed by atoms with van der Waals surface area (Å²) in [6.45, 7) is 0. The highest BCUT2D eigenvalue weighted by molar-refractivity contribution is 6.26. The predicted molar refractivity (Wildman–Crippen MR) is 257 cm³/mol. The normalized spacial score (nSPS) is 11.9. The van der Waals surface area contributed by atoms with Crippen molar-refractivity contribution in [1.82, 2.24) is 24.1 Å². The summed E-state index contributed by atoms with van der Waals surface area (Å²) in [5.41, 5.74) is 9.55. The predicted octanol–water partition coefficient (Wildman–Crippen LogP) is 14.5. The molecule has 13 rings (SSSR count). The van der Waals surface area contributed by atoms with Crippen LogP contribution in [0.4, 0.5) is 0 Å². The van der Waals surface area contributed by atoms with Gasteiger partial charge in [-0.05, 0) is 73.8 Å². The summed E-state index contributed by atoms with van der Waals surface area (Å²) in [4.78, 5) is 15.6. The molecule has 10 aromatic carbocycles. The molecule has 3 heterocycles. The lowest BCUT2D eigenvalue weighted by molar-refractivity contribution is 0.953. The maximum Gasteiger partial charge on any atom is 0.238 e. The molecule has 0 bridgehead atoms. The Kier molecular flexibility index (Phi) is 7.54. The van der Waals surface area contributed by atoms with Crippen LogP contribution < -0.4 is 0 Å². The molecule has 3 aromatic heterocycles. The first kappa shape index (κ1) is 34.5. The van der Waals surface area contributed by atoms with Crippen LogP contribution in [-0.4, -0.2) is 24.1 Å². The van der Waals surface area contributed by atoms with Crippen molar-refractivity contribution in [2.24, 2.45) is 0 Å². The lowest BCUT2D eigenvalue weighted by Gasteiger charge is -2.15. The van der Waals surface area contributed by atoms with Crippen molar-refractivity contribution in [1.29, 1.82) is 0 Å². The summed E-state index contributed by atoms with van der Waals surface area (Å²) < 4.78 is 4.69. The van der Waals surface area contributed by atoms with Crippen LogP contribution in [0.1, 0.15) is 0 Å². The molecular formula is C57H35N5. The number of benzene rings is 10. The van der Waals surface area contributed by atoms with Gasteiger partial charge in [0.1, 0.15) is 0 Å². The molecule has 5 nitrogen and oxygen atoms in total. The van der Waals surface area contributed by atoms with Crippen molar-refractivity contribution >= 4 is 75.9 Å².